The van der Waals surface area contributed by atoms with Gasteiger partial charge in [-0.3, -0.25) is 9.69 Å². The highest BCUT2D eigenvalue weighted by Crippen LogP contribution is 2.32. The van der Waals surface area contributed by atoms with E-state index in [1.54, 1.807) is 6.07 Å². The molecule has 2 heterocycles. The average Bonchev–Trinajstić information content (AvgIpc) is 2.67. The van der Waals surface area contributed by atoms with Crippen molar-refractivity contribution in [2.45, 2.75) is 19.6 Å². The van der Waals surface area contributed by atoms with Crippen molar-refractivity contribution < 1.29 is 4.74 Å². The molecule has 4 rings (SSSR count). The van der Waals surface area contributed by atoms with Gasteiger partial charge in [0.2, 0.25) is 0 Å². The van der Waals surface area contributed by atoms with Crippen molar-refractivity contribution >= 4 is 16.6 Å². The maximum absolute atomic E-state index is 12.2. The molecule has 0 radical (unpaired) electrons. The van der Waals surface area contributed by atoms with E-state index in [4.69, 9.17) is 4.74 Å². The predicted molar refractivity (Wildman–Crippen MR) is 107 cm³/mol. The molecule has 1 N–H and O–H groups in total. The summed E-state index contributed by atoms with van der Waals surface area (Å²) in [5.74, 6) is 1.60. The summed E-state index contributed by atoms with van der Waals surface area (Å²) >= 11 is 0. The second kappa shape index (κ2) is 7.40. The van der Waals surface area contributed by atoms with Crippen LogP contribution in [0.15, 0.2) is 53.3 Å². The van der Waals surface area contributed by atoms with Gasteiger partial charge in [-0.2, -0.15) is 0 Å². The smallest absolute Gasteiger partial charge is 0.258 e. The Bertz CT molecular complexity index is 1000. The van der Waals surface area contributed by atoms with Crippen molar-refractivity contribution in [1.82, 2.24) is 14.9 Å². The molecule has 1 aliphatic heterocycles. The number of likely N-dealkylation sites (N-methyl/N-ethyl adjacent to an activating group) is 2. The summed E-state index contributed by atoms with van der Waals surface area (Å²) in [6.07, 6.45) is 0.0667. The monoisotopic (exact) mass is 364 g/mol. The van der Waals surface area contributed by atoms with Gasteiger partial charge in [0.1, 0.15) is 17.7 Å². The van der Waals surface area contributed by atoms with Crippen molar-refractivity contribution in [2.24, 2.45) is 0 Å². The van der Waals surface area contributed by atoms with Crippen LogP contribution in [0.3, 0.4) is 0 Å². The van der Waals surface area contributed by atoms with Crippen LogP contribution in [0.25, 0.3) is 10.9 Å². The number of rotatable bonds is 5. The Morgan fingerprint density at radius 2 is 2.00 bits per heavy atom. The molecule has 2 aromatic carbocycles. The average molecular weight is 364 g/mol. The number of hydrogen-bond donors (Lipinski definition) is 1. The number of fused-ring (bicyclic) bond motifs is 2. The molecule has 27 heavy (non-hydrogen) atoms. The topological polar surface area (TPSA) is 61.5 Å². The first-order chi connectivity index (χ1) is 13.1. The third-order valence-electron chi connectivity index (χ3n) is 4.90. The van der Waals surface area contributed by atoms with Gasteiger partial charge in [0.05, 0.1) is 29.7 Å². The minimum Gasteiger partial charge on any atom is -0.485 e. The van der Waals surface area contributed by atoms with Gasteiger partial charge in [-0.15, -0.1) is 0 Å². The molecule has 0 amide bonds. The van der Waals surface area contributed by atoms with Gasteiger partial charge in [0.15, 0.2) is 0 Å². The van der Waals surface area contributed by atoms with E-state index in [1.165, 1.54) is 0 Å². The fourth-order valence-corrected chi connectivity index (χ4v) is 3.65. The minimum absolute atomic E-state index is 0.0667. The van der Waals surface area contributed by atoms with Crippen molar-refractivity contribution in [1.29, 1.82) is 0 Å². The molecule has 0 bridgehead atoms. The second-order valence-electron chi connectivity index (χ2n) is 6.97. The van der Waals surface area contributed by atoms with Crippen LogP contribution >= 0.6 is 0 Å². The highest BCUT2D eigenvalue weighted by molar-refractivity contribution is 5.77. The lowest BCUT2D eigenvalue weighted by Crippen LogP contribution is -2.45. The van der Waals surface area contributed by atoms with Gasteiger partial charge in [-0.25, -0.2) is 4.98 Å². The number of nitrogens with one attached hydrogen (secondary N) is 1. The van der Waals surface area contributed by atoms with Gasteiger partial charge < -0.3 is 14.6 Å². The molecule has 6 heteroatoms. The number of ether oxygens (including phenoxy) is 1. The van der Waals surface area contributed by atoms with Crippen molar-refractivity contribution in [2.75, 3.05) is 31.6 Å². The number of H-pyrrole nitrogens is 1. The number of hydrogen-bond acceptors (Lipinski definition) is 5. The van der Waals surface area contributed by atoms with E-state index >= 15 is 0 Å². The Morgan fingerprint density at radius 3 is 2.85 bits per heavy atom. The van der Waals surface area contributed by atoms with Crippen LogP contribution in [-0.4, -0.2) is 47.7 Å². The zero-order valence-corrected chi connectivity index (χ0v) is 15.7. The summed E-state index contributed by atoms with van der Waals surface area (Å²) < 4.78 is 6.19. The number of anilines is 1. The van der Waals surface area contributed by atoms with Crippen molar-refractivity contribution in [3.8, 4) is 5.75 Å². The van der Waals surface area contributed by atoms with Gasteiger partial charge in [0, 0.05) is 13.1 Å². The lowest BCUT2D eigenvalue weighted by molar-refractivity contribution is 0.138. The number of aromatic nitrogens is 2. The van der Waals surface area contributed by atoms with E-state index in [0.29, 0.717) is 17.8 Å². The molecule has 0 saturated heterocycles. The normalized spacial score (nSPS) is 16.4. The van der Waals surface area contributed by atoms with E-state index in [0.717, 1.165) is 36.6 Å². The van der Waals surface area contributed by atoms with E-state index < -0.39 is 0 Å². The molecule has 0 spiro atoms. The first-order valence-electron chi connectivity index (χ1n) is 9.31. The third-order valence-corrected chi connectivity index (χ3v) is 4.90. The van der Waals surface area contributed by atoms with Crippen LogP contribution in [-0.2, 0) is 6.54 Å². The summed E-state index contributed by atoms with van der Waals surface area (Å²) in [4.78, 5) is 24.2. The van der Waals surface area contributed by atoms with Gasteiger partial charge in [-0.1, -0.05) is 24.3 Å². The van der Waals surface area contributed by atoms with Crippen LogP contribution in [0.5, 0.6) is 5.75 Å². The maximum atomic E-state index is 12.2. The number of aromatic amines is 1. The molecule has 140 valence electrons. The van der Waals surface area contributed by atoms with Gasteiger partial charge in [-0.05, 0) is 38.2 Å². The second-order valence-corrected chi connectivity index (χ2v) is 6.97. The summed E-state index contributed by atoms with van der Waals surface area (Å²) in [7, 11) is 2.02. The maximum Gasteiger partial charge on any atom is 0.258 e. The Morgan fingerprint density at radius 1 is 1.22 bits per heavy atom. The SMILES string of the molecule is CCN1C[C@H](CN(C)Cc2nc3ccccc3c(=O)[nH]2)Oc2ccccc21. The molecule has 1 aromatic heterocycles. The molecule has 1 atom stereocenters. The Hall–Kier alpha value is -2.86. The summed E-state index contributed by atoms with van der Waals surface area (Å²) in [5, 5.41) is 0.620. The van der Waals surface area contributed by atoms with E-state index in [-0.39, 0.29) is 11.7 Å². The summed E-state index contributed by atoms with van der Waals surface area (Å²) in [6.45, 7) is 5.27. The van der Waals surface area contributed by atoms with Gasteiger partial charge in [0.25, 0.3) is 5.56 Å². The van der Waals surface area contributed by atoms with Crippen molar-refractivity contribution in [3.63, 3.8) is 0 Å². The third kappa shape index (κ3) is 3.66. The molecule has 1 aliphatic rings. The zero-order valence-electron chi connectivity index (χ0n) is 15.7. The van der Waals surface area contributed by atoms with Crippen LogP contribution in [0.4, 0.5) is 5.69 Å². The van der Waals surface area contributed by atoms with Crippen LogP contribution in [0.2, 0.25) is 0 Å². The fourth-order valence-electron chi connectivity index (χ4n) is 3.65. The highest BCUT2D eigenvalue weighted by atomic mass is 16.5. The lowest BCUT2D eigenvalue weighted by atomic mass is 10.2. The number of benzene rings is 2. The summed E-state index contributed by atoms with van der Waals surface area (Å²) in [6, 6.07) is 15.6. The molecule has 0 saturated carbocycles. The van der Waals surface area contributed by atoms with E-state index in [9.17, 15) is 4.79 Å². The van der Waals surface area contributed by atoms with E-state index in [1.807, 2.05) is 43.4 Å². The first kappa shape index (κ1) is 17.5. The Labute approximate surface area is 158 Å². The molecular weight excluding hydrogens is 340 g/mol. The summed E-state index contributed by atoms with van der Waals surface area (Å²) in [5.41, 5.74) is 1.79. The van der Waals surface area contributed by atoms with Crippen molar-refractivity contribution in [3.05, 3.63) is 64.7 Å². The molecule has 0 unspecified atom stereocenters. The Kier molecular flexibility index (Phi) is 4.81. The molecule has 3 aromatic rings. The van der Waals surface area contributed by atoms with Gasteiger partial charge >= 0.3 is 0 Å². The van der Waals surface area contributed by atoms with E-state index in [2.05, 4.69) is 32.8 Å². The zero-order chi connectivity index (χ0) is 18.8. The highest BCUT2D eigenvalue weighted by Gasteiger charge is 2.25. The Balaban J connectivity index is 1.47. The molecule has 0 fully saturated rings. The molecule has 0 aliphatic carbocycles. The first-order valence-corrected chi connectivity index (χ1v) is 9.31. The largest absolute Gasteiger partial charge is 0.485 e. The van der Waals surface area contributed by atoms with Crippen LogP contribution < -0.4 is 15.2 Å². The lowest BCUT2D eigenvalue weighted by Gasteiger charge is -2.37. The van der Waals surface area contributed by atoms with Crippen LogP contribution in [0, 0.1) is 0 Å². The predicted octanol–water partition coefficient (Wildman–Crippen LogP) is 2.64. The molecular formula is C21H24N4O2. The quantitative estimate of drug-likeness (QED) is 0.754. The fraction of sp³-hybridized carbons (Fsp3) is 0.333. The number of para-hydroxylation sites is 3. The molecule has 6 nitrogen and oxygen atoms in total. The van der Waals surface area contributed by atoms with Crippen LogP contribution in [0.1, 0.15) is 12.7 Å². The minimum atomic E-state index is -0.0935. The number of nitrogens with zero attached hydrogens (tertiary/aromatic N) is 3. The standard InChI is InChI=1S/C21H24N4O2/c1-3-25-13-15(27-19-11-7-6-10-18(19)25)12-24(2)14-20-22-17-9-5-4-8-16(17)21(26)23-20/h4-11,15H,3,12-14H2,1-2H3,(H,22,23,26)/t15-/m0/s1.